The fourth-order valence-electron chi connectivity index (χ4n) is 2.93. The predicted octanol–water partition coefficient (Wildman–Crippen LogP) is 4.84. The zero-order valence-electron chi connectivity index (χ0n) is 14.3. The van der Waals surface area contributed by atoms with Crippen LogP contribution in [0.25, 0.3) is 0 Å². The summed E-state index contributed by atoms with van der Waals surface area (Å²) >= 11 is 7.46. The van der Waals surface area contributed by atoms with Crippen molar-refractivity contribution in [3.8, 4) is 5.75 Å². The molecule has 1 aliphatic rings. The lowest BCUT2D eigenvalue weighted by molar-refractivity contribution is -0.128. The minimum atomic E-state index is 0.0290. The normalized spacial score (nSPS) is 18.5. The molecular formula is C18H26ClNO2S. The van der Waals surface area contributed by atoms with Gasteiger partial charge in [0.2, 0.25) is 5.91 Å². The van der Waals surface area contributed by atoms with Crippen molar-refractivity contribution in [3.63, 3.8) is 0 Å². The van der Waals surface area contributed by atoms with Crippen LogP contribution in [0.2, 0.25) is 0 Å². The van der Waals surface area contributed by atoms with E-state index in [0.717, 1.165) is 23.1 Å². The molecule has 1 atom stereocenters. The van der Waals surface area contributed by atoms with E-state index >= 15 is 0 Å². The van der Waals surface area contributed by atoms with Gasteiger partial charge in [-0.1, -0.05) is 27.7 Å². The van der Waals surface area contributed by atoms with Crippen molar-refractivity contribution in [2.45, 2.75) is 51.3 Å². The highest BCUT2D eigenvalue weighted by atomic mass is 35.5. The fourth-order valence-corrected chi connectivity index (χ4v) is 4.25. The Hall–Kier alpha value is -0.870. The highest BCUT2D eigenvalue weighted by Gasteiger charge is 2.33. The predicted molar refractivity (Wildman–Crippen MR) is 98.5 cm³/mol. The number of carbonyl (C=O) groups is 1. The Bertz CT molecular complexity index is 545. The second-order valence-corrected chi connectivity index (χ2v) is 8.10. The van der Waals surface area contributed by atoms with Crippen molar-refractivity contribution < 1.29 is 9.90 Å². The molecule has 23 heavy (non-hydrogen) atoms. The van der Waals surface area contributed by atoms with Gasteiger partial charge in [-0.15, -0.1) is 23.4 Å². The number of benzene rings is 1. The summed E-state index contributed by atoms with van der Waals surface area (Å²) in [5.41, 5.74) is 3.03. The zero-order chi connectivity index (χ0) is 17.1. The van der Waals surface area contributed by atoms with E-state index in [4.69, 9.17) is 11.6 Å². The molecule has 1 aliphatic heterocycles. The molecule has 3 nitrogen and oxygen atoms in total. The molecule has 1 aromatic carbocycles. The summed E-state index contributed by atoms with van der Waals surface area (Å²) in [6.07, 6.45) is 0.802. The maximum Gasteiger partial charge on any atom is 0.233 e. The van der Waals surface area contributed by atoms with Gasteiger partial charge in [-0.05, 0) is 47.1 Å². The Kier molecular flexibility index (Phi) is 6.26. The number of amides is 1. The van der Waals surface area contributed by atoms with Gasteiger partial charge in [0.25, 0.3) is 0 Å². The Morgan fingerprint density at radius 3 is 2.30 bits per heavy atom. The van der Waals surface area contributed by atoms with Crippen molar-refractivity contribution in [2.24, 2.45) is 0 Å². The Labute approximate surface area is 148 Å². The summed E-state index contributed by atoms with van der Waals surface area (Å²) in [6, 6.07) is 4.13. The first-order valence-corrected chi connectivity index (χ1v) is 9.78. The standard InChI is InChI=1S/C18H26ClNO2S/c1-11(2)14-8-13(9-15(12(3)4)17(14)22)18-20(7-5-6-19)16(21)10-23-18/h8-9,11-12,18,22H,5-7,10H2,1-4H3. The number of nitrogens with zero attached hydrogens (tertiary/aromatic N) is 1. The third-order valence-corrected chi connectivity index (χ3v) is 5.74. The smallest absolute Gasteiger partial charge is 0.233 e. The number of rotatable bonds is 6. The monoisotopic (exact) mass is 355 g/mol. The van der Waals surface area contributed by atoms with Gasteiger partial charge in [0, 0.05) is 12.4 Å². The molecule has 1 aromatic rings. The Morgan fingerprint density at radius 2 is 1.83 bits per heavy atom. The van der Waals surface area contributed by atoms with E-state index in [0.29, 0.717) is 23.9 Å². The molecule has 1 heterocycles. The average molecular weight is 356 g/mol. The van der Waals surface area contributed by atoms with Crippen molar-refractivity contribution in [3.05, 3.63) is 28.8 Å². The molecule has 1 saturated heterocycles. The number of halogens is 1. The van der Waals surface area contributed by atoms with Crippen LogP contribution in [0.1, 0.15) is 68.0 Å². The number of aromatic hydroxyl groups is 1. The van der Waals surface area contributed by atoms with Crippen LogP contribution in [0.5, 0.6) is 5.75 Å². The maximum absolute atomic E-state index is 12.2. The lowest BCUT2D eigenvalue weighted by atomic mass is 9.91. The van der Waals surface area contributed by atoms with Crippen LogP contribution in [0, 0.1) is 0 Å². The van der Waals surface area contributed by atoms with Gasteiger partial charge in [-0.3, -0.25) is 4.79 Å². The molecule has 0 aromatic heterocycles. The SMILES string of the molecule is CC(C)c1cc(C2SCC(=O)N2CCCCl)cc(C(C)C)c1O. The van der Waals surface area contributed by atoms with Gasteiger partial charge >= 0.3 is 0 Å². The Morgan fingerprint density at radius 1 is 1.26 bits per heavy atom. The summed E-state index contributed by atoms with van der Waals surface area (Å²) < 4.78 is 0. The molecule has 2 rings (SSSR count). The number of phenols is 1. The zero-order valence-corrected chi connectivity index (χ0v) is 15.9. The largest absolute Gasteiger partial charge is 0.507 e. The molecule has 1 amide bonds. The van der Waals surface area contributed by atoms with Gasteiger partial charge in [0.1, 0.15) is 11.1 Å². The molecule has 0 spiro atoms. The van der Waals surface area contributed by atoms with Crippen molar-refractivity contribution in [1.29, 1.82) is 0 Å². The highest BCUT2D eigenvalue weighted by Crippen LogP contribution is 2.43. The van der Waals surface area contributed by atoms with Crippen LogP contribution in [-0.2, 0) is 4.79 Å². The van der Waals surface area contributed by atoms with E-state index in [1.54, 1.807) is 11.8 Å². The first kappa shape index (κ1) is 18.5. The van der Waals surface area contributed by atoms with Gasteiger partial charge in [-0.2, -0.15) is 0 Å². The summed E-state index contributed by atoms with van der Waals surface area (Å²) in [5.74, 6) is 2.14. The number of hydrogen-bond acceptors (Lipinski definition) is 3. The van der Waals surface area contributed by atoms with Gasteiger partial charge < -0.3 is 10.0 Å². The molecule has 0 radical (unpaired) electrons. The quantitative estimate of drug-likeness (QED) is 0.742. The first-order valence-electron chi connectivity index (χ1n) is 8.20. The fraction of sp³-hybridized carbons (Fsp3) is 0.611. The molecule has 5 heteroatoms. The van der Waals surface area contributed by atoms with Crippen LogP contribution in [-0.4, -0.2) is 34.1 Å². The number of alkyl halides is 1. The van der Waals surface area contributed by atoms with Crippen LogP contribution in [0.3, 0.4) is 0 Å². The molecule has 1 N–H and O–H groups in total. The third kappa shape index (κ3) is 3.97. The number of carbonyl (C=O) groups excluding carboxylic acids is 1. The van der Waals surface area contributed by atoms with Crippen LogP contribution >= 0.6 is 23.4 Å². The second-order valence-electron chi connectivity index (χ2n) is 6.65. The molecule has 0 aliphatic carbocycles. The average Bonchev–Trinajstić information content (AvgIpc) is 2.85. The minimum Gasteiger partial charge on any atom is -0.507 e. The summed E-state index contributed by atoms with van der Waals surface area (Å²) in [7, 11) is 0. The van der Waals surface area contributed by atoms with Crippen molar-refractivity contribution >= 4 is 29.3 Å². The van der Waals surface area contributed by atoms with Gasteiger partial charge in [0.15, 0.2) is 0 Å². The highest BCUT2D eigenvalue weighted by molar-refractivity contribution is 8.00. The van der Waals surface area contributed by atoms with E-state index < -0.39 is 0 Å². The molecule has 1 fully saturated rings. The molecule has 0 saturated carbocycles. The van der Waals surface area contributed by atoms with Crippen molar-refractivity contribution in [1.82, 2.24) is 4.90 Å². The maximum atomic E-state index is 12.2. The van der Waals surface area contributed by atoms with Gasteiger partial charge in [-0.25, -0.2) is 0 Å². The third-order valence-electron chi connectivity index (χ3n) is 4.22. The van der Waals surface area contributed by atoms with E-state index in [1.165, 1.54) is 0 Å². The Balaban J connectivity index is 2.43. The number of hydrogen-bond donors (Lipinski definition) is 1. The topological polar surface area (TPSA) is 40.5 Å². The molecule has 0 bridgehead atoms. The second kappa shape index (κ2) is 7.80. The van der Waals surface area contributed by atoms with E-state index in [-0.39, 0.29) is 23.1 Å². The summed E-state index contributed by atoms with van der Waals surface area (Å²) in [6.45, 7) is 9.03. The van der Waals surface area contributed by atoms with Gasteiger partial charge in [0.05, 0.1) is 5.75 Å². The summed E-state index contributed by atoms with van der Waals surface area (Å²) in [4.78, 5) is 14.1. The van der Waals surface area contributed by atoms with E-state index in [1.807, 2.05) is 4.90 Å². The summed E-state index contributed by atoms with van der Waals surface area (Å²) in [5, 5.41) is 10.6. The molecule has 128 valence electrons. The van der Waals surface area contributed by atoms with Crippen LogP contribution < -0.4 is 0 Å². The van der Waals surface area contributed by atoms with E-state index in [9.17, 15) is 9.90 Å². The number of thioether (sulfide) groups is 1. The minimum absolute atomic E-state index is 0.0290. The van der Waals surface area contributed by atoms with Crippen molar-refractivity contribution in [2.75, 3.05) is 18.2 Å². The first-order chi connectivity index (χ1) is 10.9. The number of phenolic OH excluding ortho intramolecular Hbond substituents is 1. The lowest BCUT2D eigenvalue weighted by Gasteiger charge is -2.26. The molecular weight excluding hydrogens is 330 g/mol. The van der Waals surface area contributed by atoms with E-state index in [2.05, 4.69) is 39.8 Å². The van der Waals surface area contributed by atoms with Crippen LogP contribution in [0.15, 0.2) is 12.1 Å². The van der Waals surface area contributed by atoms with Crippen LogP contribution in [0.4, 0.5) is 0 Å². The lowest BCUT2D eigenvalue weighted by Crippen LogP contribution is -2.29. The molecule has 1 unspecified atom stereocenters.